The van der Waals surface area contributed by atoms with Crippen LogP contribution >= 0.6 is 23.7 Å². The molecule has 0 aromatic heterocycles. The summed E-state index contributed by atoms with van der Waals surface area (Å²) >= 11 is 6.90. The molecule has 1 aliphatic rings. The SMILES string of the molecule is NSNC[C@H]1COc2cc(Cl)ccc2O1. The fourth-order valence-electron chi connectivity index (χ4n) is 1.33. The van der Waals surface area contributed by atoms with Crippen molar-refractivity contribution in [3.63, 3.8) is 0 Å². The van der Waals surface area contributed by atoms with Gasteiger partial charge in [-0.25, -0.2) is 4.72 Å². The molecule has 0 amide bonds. The number of ether oxygens (including phenoxy) is 2. The molecule has 0 radical (unpaired) electrons. The lowest BCUT2D eigenvalue weighted by molar-refractivity contribution is 0.0948. The lowest BCUT2D eigenvalue weighted by atomic mass is 10.2. The fraction of sp³-hybridized carbons (Fsp3) is 0.333. The summed E-state index contributed by atoms with van der Waals surface area (Å²) in [6.45, 7) is 1.14. The van der Waals surface area contributed by atoms with Crippen LogP contribution in [0.3, 0.4) is 0 Å². The van der Waals surface area contributed by atoms with Crippen LogP contribution in [0.4, 0.5) is 0 Å². The standard InChI is InChI=1S/C9H11ClN2O2S/c10-6-1-2-8-9(3-6)13-5-7(14-8)4-12-15-11/h1-3,7,12H,4-5,11H2/t7-/m0/s1. The van der Waals surface area contributed by atoms with Crippen LogP contribution in [-0.2, 0) is 0 Å². The molecular weight excluding hydrogens is 236 g/mol. The molecule has 4 nitrogen and oxygen atoms in total. The molecule has 0 bridgehead atoms. The predicted octanol–water partition coefficient (Wildman–Crippen LogP) is 1.59. The predicted molar refractivity (Wildman–Crippen MR) is 61.1 cm³/mol. The molecule has 1 aromatic rings. The number of benzene rings is 1. The zero-order chi connectivity index (χ0) is 10.7. The molecule has 1 atom stereocenters. The average Bonchev–Trinajstić information content (AvgIpc) is 2.26. The molecule has 0 fully saturated rings. The largest absolute Gasteiger partial charge is 0.486 e. The summed E-state index contributed by atoms with van der Waals surface area (Å²) < 4.78 is 14.1. The first-order chi connectivity index (χ1) is 7.29. The number of rotatable bonds is 3. The Labute approximate surface area is 97.3 Å². The number of nitrogens with two attached hydrogens (primary N) is 1. The van der Waals surface area contributed by atoms with E-state index in [0.717, 1.165) is 17.9 Å². The van der Waals surface area contributed by atoms with Crippen molar-refractivity contribution in [3.05, 3.63) is 23.2 Å². The maximum absolute atomic E-state index is 5.83. The van der Waals surface area contributed by atoms with E-state index in [0.29, 0.717) is 23.9 Å². The van der Waals surface area contributed by atoms with Gasteiger partial charge in [0.1, 0.15) is 12.7 Å². The van der Waals surface area contributed by atoms with E-state index < -0.39 is 0 Å². The van der Waals surface area contributed by atoms with Crippen LogP contribution in [0.1, 0.15) is 0 Å². The van der Waals surface area contributed by atoms with Gasteiger partial charge in [0, 0.05) is 29.8 Å². The first kappa shape index (κ1) is 10.9. The zero-order valence-electron chi connectivity index (χ0n) is 7.90. The minimum Gasteiger partial charge on any atom is -0.486 e. The summed E-state index contributed by atoms with van der Waals surface area (Å²) in [4.78, 5) is 0. The van der Waals surface area contributed by atoms with E-state index in [-0.39, 0.29) is 6.10 Å². The molecule has 82 valence electrons. The highest BCUT2D eigenvalue weighted by Gasteiger charge is 2.20. The van der Waals surface area contributed by atoms with Crippen LogP contribution in [0.25, 0.3) is 0 Å². The van der Waals surface area contributed by atoms with Gasteiger partial charge < -0.3 is 9.47 Å². The van der Waals surface area contributed by atoms with E-state index in [1.165, 1.54) is 0 Å². The molecule has 1 heterocycles. The van der Waals surface area contributed by atoms with Gasteiger partial charge in [-0.1, -0.05) is 11.6 Å². The zero-order valence-corrected chi connectivity index (χ0v) is 9.48. The molecule has 15 heavy (non-hydrogen) atoms. The maximum Gasteiger partial charge on any atom is 0.162 e. The second-order valence-corrected chi connectivity index (χ2v) is 4.07. The van der Waals surface area contributed by atoms with Crippen molar-refractivity contribution in [2.45, 2.75) is 6.10 Å². The summed E-state index contributed by atoms with van der Waals surface area (Å²) in [5, 5.41) is 5.90. The number of nitrogens with one attached hydrogen (secondary N) is 1. The van der Waals surface area contributed by atoms with Gasteiger partial charge in [-0.3, -0.25) is 5.14 Å². The molecule has 2 rings (SSSR count). The van der Waals surface area contributed by atoms with E-state index in [1.54, 1.807) is 18.2 Å². The van der Waals surface area contributed by atoms with Crippen LogP contribution in [0.5, 0.6) is 11.5 Å². The van der Waals surface area contributed by atoms with Gasteiger partial charge in [0.05, 0.1) is 0 Å². The molecule has 1 aliphatic heterocycles. The van der Waals surface area contributed by atoms with Gasteiger partial charge in [-0.05, 0) is 12.1 Å². The Kier molecular flexibility index (Phi) is 3.58. The monoisotopic (exact) mass is 246 g/mol. The van der Waals surface area contributed by atoms with Crippen molar-refractivity contribution in [2.24, 2.45) is 5.14 Å². The molecule has 0 aliphatic carbocycles. The van der Waals surface area contributed by atoms with Crippen molar-refractivity contribution in [2.75, 3.05) is 13.2 Å². The van der Waals surface area contributed by atoms with E-state index in [9.17, 15) is 0 Å². The van der Waals surface area contributed by atoms with Gasteiger partial charge in [0.15, 0.2) is 11.5 Å². The van der Waals surface area contributed by atoms with Gasteiger partial charge in [0.2, 0.25) is 0 Å². The first-order valence-corrected chi connectivity index (χ1v) is 5.73. The summed E-state index contributed by atoms with van der Waals surface area (Å²) in [6.07, 6.45) is -0.0188. The van der Waals surface area contributed by atoms with Crippen molar-refractivity contribution in [1.29, 1.82) is 0 Å². The lowest BCUT2D eigenvalue weighted by Gasteiger charge is -2.26. The first-order valence-electron chi connectivity index (χ1n) is 4.47. The third-order valence-electron chi connectivity index (χ3n) is 2.02. The van der Waals surface area contributed by atoms with E-state index >= 15 is 0 Å². The number of fused-ring (bicyclic) bond motifs is 1. The van der Waals surface area contributed by atoms with Crippen LogP contribution in [0.15, 0.2) is 18.2 Å². The summed E-state index contributed by atoms with van der Waals surface area (Å²) in [5.41, 5.74) is 0. The van der Waals surface area contributed by atoms with Crippen LogP contribution < -0.4 is 19.3 Å². The fourth-order valence-corrected chi connectivity index (χ4v) is 1.77. The Morgan fingerprint density at radius 3 is 3.20 bits per heavy atom. The summed E-state index contributed by atoms with van der Waals surface area (Å²) in [5.74, 6) is 1.42. The molecule has 0 saturated heterocycles. The number of hydrogen-bond donors (Lipinski definition) is 2. The minimum atomic E-state index is -0.0188. The van der Waals surface area contributed by atoms with Gasteiger partial charge in [-0.2, -0.15) is 0 Å². The minimum absolute atomic E-state index is 0.0188. The quantitative estimate of drug-likeness (QED) is 0.794. The maximum atomic E-state index is 5.83. The average molecular weight is 247 g/mol. The third-order valence-corrected chi connectivity index (χ3v) is 2.59. The third kappa shape index (κ3) is 2.69. The van der Waals surface area contributed by atoms with Crippen LogP contribution in [-0.4, -0.2) is 19.3 Å². The molecule has 0 unspecified atom stereocenters. The van der Waals surface area contributed by atoms with E-state index in [2.05, 4.69) is 4.72 Å². The molecule has 0 saturated carbocycles. The second-order valence-electron chi connectivity index (χ2n) is 3.11. The molecule has 1 aromatic carbocycles. The Bertz CT molecular complexity index is 351. The number of hydrogen-bond acceptors (Lipinski definition) is 5. The Morgan fingerprint density at radius 1 is 1.53 bits per heavy atom. The summed E-state index contributed by atoms with van der Waals surface area (Å²) in [6, 6.07) is 5.33. The van der Waals surface area contributed by atoms with Crippen LogP contribution in [0, 0.1) is 0 Å². The lowest BCUT2D eigenvalue weighted by Crippen LogP contribution is -2.36. The molecule has 0 spiro atoms. The van der Waals surface area contributed by atoms with E-state index in [1.807, 2.05) is 0 Å². The number of halogens is 1. The summed E-state index contributed by atoms with van der Waals surface area (Å²) in [7, 11) is 0. The van der Waals surface area contributed by atoms with Crippen molar-refractivity contribution in [3.8, 4) is 11.5 Å². The topological polar surface area (TPSA) is 56.5 Å². The molecule has 3 N–H and O–H groups in total. The highest BCUT2D eigenvalue weighted by atomic mass is 35.5. The Morgan fingerprint density at radius 2 is 2.40 bits per heavy atom. The van der Waals surface area contributed by atoms with Crippen molar-refractivity contribution in [1.82, 2.24) is 4.72 Å². The Balaban J connectivity index is 2.03. The molecule has 6 heteroatoms. The highest BCUT2D eigenvalue weighted by Crippen LogP contribution is 2.33. The smallest absolute Gasteiger partial charge is 0.162 e. The molecular formula is C9H11ClN2O2S. The van der Waals surface area contributed by atoms with Gasteiger partial charge >= 0.3 is 0 Å². The van der Waals surface area contributed by atoms with Gasteiger partial charge in [-0.15, -0.1) is 0 Å². The van der Waals surface area contributed by atoms with Crippen molar-refractivity contribution >= 4 is 23.7 Å². The highest BCUT2D eigenvalue weighted by molar-refractivity contribution is 7.95. The van der Waals surface area contributed by atoms with E-state index in [4.69, 9.17) is 26.2 Å². The van der Waals surface area contributed by atoms with Crippen molar-refractivity contribution < 1.29 is 9.47 Å². The van der Waals surface area contributed by atoms with Gasteiger partial charge in [0.25, 0.3) is 0 Å². The van der Waals surface area contributed by atoms with Crippen LogP contribution in [0.2, 0.25) is 5.02 Å². The Hall–Kier alpha value is -0.620. The second kappa shape index (κ2) is 4.94. The normalized spacial score (nSPS) is 18.9.